The summed E-state index contributed by atoms with van der Waals surface area (Å²) in [6.07, 6.45) is 1.84. The Hall–Kier alpha value is -6.23. The van der Waals surface area contributed by atoms with Crippen LogP contribution in [-0.2, 0) is 37.3 Å². The quantitative estimate of drug-likeness (QED) is 0.155. The van der Waals surface area contributed by atoms with E-state index >= 15 is 0 Å². The van der Waals surface area contributed by atoms with Crippen LogP contribution in [0.3, 0.4) is 0 Å². The fourth-order valence-electron chi connectivity index (χ4n) is 8.85. The van der Waals surface area contributed by atoms with Crippen LogP contribution in [0.15, 0.2) is 146 Å². The summed E-state index contributed by atoms with van der Waals surface area (Å²) in [5, 5.41) is 4.04. The van der Waals surface area contributed by atoms with Crippen molar-refractivity contribution in [2.75, 3.05) is 9.80 Å². The first-order chi connectivity index (χ1) is 30.5. The predicted octanol–water partition coefficient (Wildman–Crippen LogP) is 15.8. The van der Waals surface area contributed by atoms with Gasteiger partial charge in [-0.3, -0.25) is 0 Å². The van der Waals surface area contributed by atoms with Crippen molar-refractivity contribution in [1.29, 1.82) is 0 Å². The van der Waals surface area contributed by atoms with E-state index in [2.05, 4.69) is 182 Å². The van der Waals surface area contributed by atoms with Crippen LogP contribution in [0.2, 0.25) is 0 Å². The van der Waals surface area contributed by atoms with Crippen LogP contribution in [0, 0.1) is 24.6 Å². The van der Waals surface area contributed by atoms with E-state index in [-0.39, 0.29) is 43.1 Å². The maximum atomic E-state index is 14.8. The van der Waals surface area contributed by atoms with Crippen LogP contribution < -0.4 is 14.5 Å². The maximum absolute atomic E-state index is 14.8. The monoisotopic (exact) mass is 1030 g/mol. The molecule has 0 spiro atoms. The van der Waals surface area contributed by atoms with Crippen LogP contribution in [0.25, 0.3) is 49.5 Å². The first-order valence-electron chi connectivity index (χ1n) is 22.1. The number of para-hydroxylation sites is 1. The summed E-state index contributed by atoms with van der Waals surface area (Å²) in [5.41, 5.74) is 11.4. The van der Waals surface area contributed by atoms with E-state index in [0.717, 1.165) is 61.5 Å². The molecule has 0 radical (unpaired) electrons. The minimum Gasteiger partial charge on any atom is -0.509 e. The second kappa shape index (κ2) is 16.3. The number of aromatic nitrogens is 2. The van der Waals surface area contributed by atoms with Crippen molar-refractivity contribution in [2.24, 2.45) is 0 Å². The standard InChI is InChI=1S/C58H52FN4O.Pt/c1-56(2,3)38-27-28-60-54(32-38)63-51-26-23-41(59)33-50(51)48-25-24-45(35-53(48)63)64-44-18-13-17-42(34-44)61-36-62(43-30-39(57(4,5)6)29-40(31-43)58(7,8)9)55-49(21-14-22-52(55)61)47-20-12-16-37-15-10-11-19-46(37)47;/h10-33,36H,1-9H3;/q-3;. The Bertz CT molecular complexity index is 3240. The Kier molecular flexibility index (Phi) is 11.1. The predicted molar refractivity (Wildman–Crippen MR) is 263 cm³/mol. The van der Waals surface area contributed by atoms with Crippen molar-refractivity contribution in [3.8, 4) is 28.4 Å². The number of nitrogens with zero attached hydrogens (tertiary/aromatic N) is 4. The number of fused-ring (bicyclic) bond motifs is 5. The van der Waals surface area contributed by atoms with Crippen molar-refractivity contribution in [2.45, 2.75) is 78.6 Å². The minimum absolute atomic E-state index is 0. The number of rotatable bonds is 6. The third-order valence-corrected chi connectivity index (χ3v) is 12.4. The fraction of sp³-hybridized carbons (Fsp3) is 0.207. The van der Waals surface area contributed by atoms with Gasteiger partial charge in [0.1, 0.15) is 11.6 Å². The van der Waals surface area contributed by atoms with Crippen molar-refractivity contribution >= 4 is 55.3 Å². The van der Waals surface area contributed by atoms with Crippen molar-refractivity contribution in [1.82, 2.24) is 9.55 Å². The number of halogens is 1. The van der Waals surface area contributed by atoms with E-state index in [1.807, 2.05) is 47.2 Å². The Morgan fingerprint density at radius 2 is 1.25 bits per heavy atom. The molecule has 0 unspecified atom stereocenters. The summed E-state index contributed by atoms with van der Waals surface area (Å²) in [7, 11) is 0. The fourth-order valence-corrected chi connectivity index (χ4v) is 8.85. The second-order valence-corrected chi connectivity index (χ2v) is 20.1. The molecule has 1 aliphatic heterocycles. The van der Waals surface area contributed by atoms with Crippen molar-refractivity contribution in [3.63, 3.8) is 0 Å². The summed E-state index contributed by atoms with van der Waals surface area (Å²) >= 11 is 0. The first-order valence-corrected chi connectivity index (χ1v) is 22.1. The molecule has 7 heteroatoms. The molecule has 0 bridgehead atoms. The van der Waals surface area contributed by atoms with Gasteiger partial charge in [-0.05, 0) is 103 Å². The molecule has 65 heavy (non-hydrogen) atoms. The molecule has 1 aliphatic rings. The van der Waals surface area contributed by atoms with Gasteiger partial charge in [0, 0.05) is 66.9 Å². The summed E-state index contributed by atoms with van der Waals surface area (Å²) in [4.78, 5) is 9.36. The van der Waals surface area contributed by atoms with Crippen LogP contribution in [0.1, 0.15) is 79.0 Å². The summed E-state index contributed by atoms with van der Waals surface area (Å²) in [5.74, 6) is 1.49. The number of anilines is 4. The minimum atomic E-state index is -0.297. The van der Waals surface area contributed by atoms with E-state index in [4.69, 9.17) is 9.72 Å². The number of benzene rings is 7. The number of ether oxygens (including phenoxy) is 1. The largest absolute Gasteiger partial charge is 0.509 e. The van der Waals surface area contributed by atoms with Gasteiger partial charge in [-0.15, -0.1) is 48.1 Å². The van der Waals surface area contributed by atoms with Crippen LogP contribution >= 0.6 is 0 Å². The SMILES string of the molecule is CC(C)(C)c1cc(N2[CH-]N(c3[c-]c(Oc4[c-]c5c(cc4)c4cc(F)ccc4n5-c4cc(C(C)(C)C)ccn4)ccc3)c3cccc(-c4cccc5ccccc45)c32)cc(C(C)(C)C)c1.[Pt]. The van der Waals surface area contributed by atoms with Crippen LogP contribution in [0.4, 0.5) is 27.1 Å². The molecule has 0 saturated heterocycles. The Morgan fingerprint density at radius 1 is 0.569 bits per heavy atom. The van der Waals surface area contributed by atoms with Crippen LogP contribution in [0.5, 0.6) is 11.5 Å². The van der Waals surface area contributed by atoms with Gasteiger partial charge >= 0.3 is 0 Å². The van der Waals surface area contributed by atoms with E-state index in [1.165, 1.54) is 33.5 Å². The maximum Gasteiger partial charge on any atom is 0.135 e. The molecule has 2 aromatic heterocycles. The van der Waals surface area contributed by atoms with Gasteiger partial charge in [0.25, 0.3) is 0 Å². The molecule has 0 aliphatic carbocycles. The zero-order chi connectivity index (χ0) is 44.7. The molecule has 0 atom stereocenters. The van der Waals surface area contributed by atoms with E-state index in [0.29, 0.717) is 11.5 Å². The van der Waals surface area contributed by atoms with Crippen molar-refractivity contribution < 1.29 is 30.2 Å². The van der Waals surface area contributed by atoms with Gasteiger partial charge in [-0.25, -0.2) is 9.37 Å². The van der Waals surface area contributed by atoms with Gasteiger partial charge in [0.15, 0.2) is 0 Å². The summed E-state index contributed by atoms with van der Waals surface area (Å²) in [6.45, 7) is 22.4. The Labute approximate surface area is 396 Å². The molecular formula is C58H52FN4OPt-3. The molecule has 5 nitrogen and oxygen atoms in total. The van der Waals surface area contributed by atoms with Crippen LogP contribution in [-0.4, -0.2) is 9.55 Å². The molecular weight excluding hydrogens is 983 g/mol. The summed E-state index contributed by atoms with van der Waals surface area (Å²) < 4.78 is 23.5. The Balaban J connectivity index is 0.00000533. The molecule has 0 fully saturated rings. The van der Waals surface area contributed by atoms with E-state index in [9.17, 15) is 4.39 Å². The molecule has 7 aromatic carbocycles. The molecule has 0 N–H and O–H groups in total. The molecule has 9 aromatic rings. The third kappa shape index (κ3) is 8.12. The van der Waals surface area contributed by atoms with E-state index in [1.54, 1.807) is 6.07 Å². The number of hydrogen-bond donors (Lipinski definition) is 0. The molecule has 330 valence electrons. The van der Waals surface area contributed by atoms with Gasteiger partial charge in [-0.2, -0.15) is 12.1 Å². The molecule has 10 rings (SSSR count). The van der Waals surface area contributed by atoms with Gasteiger partial charge in [0.05, 0.1) is 0 Å². The van der Waals surface area contributed by atoms with Gasteiger partial charge < -0.3 is 19.1 Å². The number of pyridine rings is 1. The topological polar surface area (TPSA) is 33.5 Å². The third-order valence-electron chi connectivity index (χ3n) is 12.4. The average molecular weight is 1040 g/mol. The number of hydrogen-bond acceptors (Lipinski definition) is 4. The second-order valence-electron chi connectivity index (χ2n) is 20.1. The average Bonchev–Trinajstić information content (AvgIpc) is 3.81. The molecule has 0 saturated carbocycles. The smallest absolute Gasteiger partial charge is 0.135 e. The Morgan fingerprint density at radius 3 is 2.00 bits per heavy atom. The molecule has 0 amide bonds. The van der Waals surface area contributed by atoms with E-state index < -0.39 is 0 Å². The normalized spacial score (nSPS) is 13.1. The zero-order valence-corrected chi connectivity index (χ0v) is 40.6. The first kappa shape index (κ1) is 44.0. The van der Waals surface area contributed by atoms with Crippen molar-refractivity contribution in [3.05, 3.63) is 187 Å². The molecule has 3 heterocycles. The zero-order valence-electron chi connectivity index (χ0n) is 38.3. The van der Waals surface area contributed by atoms with Gasteiger partial charge in [-0.1, -0.05) is 128 Å². The summed E-state index contributed by atoms with van der Waals surface area (Å²) in [6, 6.07) is 54.8. The van der Waals surface area contributed by atoms with Gasteiger partial charge in [0.2, 0.25) is 0 Å².